The van der Waals surface area contributed by atoms with Crippen LogP contribution < -0.4 is 5.32 Å². The summed E-state index contributed by atoms with van der Waals surface area (Å²) in [5.74, 6) is -1.35. The van der Waals surface area contributed by atoms with Gasteiger partial charge in [-0.15, -0.1) is 5.10 Å². The Hall–Kier alpha value is -1.92. The number of hydrogen-bond donors (Lipinski definition) is 2. The molecule has 1 aromatic heterocycles. The van der Waals surface area contributed by atoms with Gasteiger partial charge in [0, 0.05) is 6.04 Å². The number of unbranched alkanes of at least 4 members (excludes halogenated alkanes) is 1. The van der Waals surface area contributed by atoms with Crippen LogP contribution >= 0.6 is 0 Å². The van der Waals surface area contributed by atoms with Gasteiger partial charge in [-0.25, -0.2) is 4.68 Å². The third kappa shape index (κ3) is 4.52. The molecule has 1 aromatic rings. The average molecular weight is 254 g/mol. The van der Waals surface area contributed by atoms with Gasteiger partial charge in [-0.3, -0.25) is 9.59 Å². The fourth-order valence-electron chi connectivity index (χ4n) is 1.50. The summed E-state index contributed by atoms with van der Waals surface area (Å²) >= 11 is 0. The van der Waals surface area contributed by atoms with E-state index < -0.39 is 5.97 Å². The third-order valence-electron chi connectivity index (χ3n) is 2.44. The highest BCUT2D eigenvalue weighted by Gasteiger charge is 2.14. The monoisotopic (exact) mass is 254 g/mol. The minimum atomic E-state index is -1.02. The van der Waals surface area contributed by atoms with Crippen LogP contribution in [0.2, 0.25) is 0 Å². The Kier molecular flexibility index (Phi) is 5.29. The number of aliphatic carboxylic acids is 1. The molecule has 0 saturated carbocycles. The van der Waals surface area contributed by atoms with Gasteiger partial charge in [-0.05, 0) is 13.3 Å². The summed E-state index contributed by atoms with van der Waals surface area (Å²) in [7, 11) is 0. The Morgan fingerprint density at radius 3 is 2.89 bits per heavy atom. The van der Waals surface area contributed by atoms with Crippen molar-refractivity contribution in [3.8, 4) is 0 Å². The Morgan fingerprint density at radius 2 is 2.28 bits per heavy atom. The molecule has 1 amide bonds. The molecule has 1 rings (SSSR count). The van der Waals surface area contributed by atoms with E-state index in [2.05, 4.69) is 22.6 Å². The summed E-state index contributed by atoms with van der Waals surface area (Å²) in [6.45, 7) is 3.72. The molecular weight excluding hydrogens is 236 g/mol. The van der Waals surface area contributed by atoms with Gasteiger partial charge in [0.05, 0.1) is 6.20 Å². The molecule has 1 heterocycles. The second-order valence-electron chi connectivity index (χ2n) is 4.21. The van der Waals surface area contributed by atoms with E-state index in [4.69, 9.17) is 5.11 Å². The Labute approximate surface area is 105 Å². The highest BCUT2D eigenvalue weighted by molar-refractivity contribution is 5.92. The molecule has 0 aliphatic rings. The molecule has 0 saturated heterocycles. The van der Waals surface area contributed by atoms with E-state index in [1.54, 1.807) is 0 Å². The predicted octanol–water partition coefficient (Wildman–Crippen LogP) is 0.671. The zero-order valence-electron chi connectivity index (χ0n) is 10.6. The highest BCUT2D eigenvalue weighted by atomic mass is 16.4. The van der Waals surface area contributed by atoms with Crippen molar-refractivity contribution < 1.29 is 14.7 Å². The number of carboxylic acid groups (broad SMARTS) is 1. The van der Waals surface area contributed by atoms with Gasteiger partial charge in [-0.1, -0.05) is 25.0 Å². The number of carbonyl (C=O) groups excluding carboxylic acids is 1. The lowest BCUT2D eigenvalue weighted by atomic mass is 10.1. The van der Waals surface area contributed by atoms with Gasteiger partial charge in [0.25, 0.3) is 5.91 Å². The van der Waals surface area contributed by atoms with Crippen LogP contribution in [0.5, 0.6) is 0 Å². The zero-order valence-corrected chi connectivity index (χ0v) is 10.6. The first-order valence-electron chi connectivity index (χ1n) is 5.95. The minimum absolute atomic E-state index is 0.0714. The van der Waals surface area contributed by atoms with Gasteiger partial charge in [0.15, 0.2) is 5.69 Å². The molecule has 18 heavy (non-hydrogen) atoms. The van der Waals surface area contributed by atoms with Crippen LogP contribution in [0.25, 0.3) is 0 Å². The maximum atomic E-state index is 11.7. The first-order chi connectivity index (χ1) is 8.52. The van der Waals surface area contributed by atoms with Crippen LogP contribution in [0.1, 0.15) is 43.6 Å². The highest BCUT2D eigenvalue weighted by Crippen LogP contribution is 2.01. The van der Waals surface area contributed by atoms with Crippen molar-refractivity contribution in [2.24, 2.45) is 0 Å². The second-order valence-corrected chi connectivity index (χ2v) is 4.21. The molecule has 0 aliphatic heterocycles. The number of nitrogens with zero attached hydrogens (tertiary/aromatic N) is 3. The van der Waals surface area contributed by atoms with E-state index in [0.717, 1.165) is 23.9 Å². The summed E-state index contributed by atoms with van der Waals surface area (Å²) in [6.07, 6.45) is 4.36. The van der Waals surface area contributed by atoms with Crippen LogP contribution in [-0.2, 0) is 11.3 Å². The van der Waals surface area contributed by atoms with Crippen LogP contribution in [-0.4, -0.2) is 38.0 Å². The van der Waals surface area contributed by atoms with Crippen molar-refractivity contribution in [2.75, 3.05) is 0 Å². The lowest BCUT2D eigenvalue weighted by Crippen LogP contribution is -2.32. The molecule has 1 unspecified atom stereocenters. The van der Waals surface area contributed by atoms with Crippen molar-refractivity contribution in [1.29, 1.82) is 0 Å². The van der Waals surface area contributed by atoms with Crippen LogP contribution in [0, 0.1) is 0 Å². The molecule has 7 heteroatoms. The number of carboxylic acids is 1. The lowest BCUT2D eigenvalue weighted by Gasteiger charge is -2.11. The third-order valence-corrected chi connectivity index (χ3v) is 2.44. The molecule has 0 radical (unpaired) electrons. The van der Waals surface area contributed by atoms with Crippen LogP contribution in [0.4, 0.5) is 0 Å². The molecule has 0 bridgehead atoms. The van der Waals surface area contributed by atoms with Crippen molar-refractivity contribution in [3.05, 3.63) is 11.9 Å². The van der Waals surface area contributed by atoms with E-state index in [1.807, 2.05) is 6.92 Å². The van der Waals surface area contributed by atoms with Crippen LogP contribution in [0.15, 0.2) is 6.20 Å². The summed E-state index contributed by atoms with van der Waals surface area (Å²) in [4.78, 5) is 22.2. The lowest BCUT2D eigenvalue weighted by molar-refractivity contribution is -0.137. The maximum Gasteiger partial charge on any atom is 0.325 e. The average Bonchev–Trinajstić information content (AvgIpc) is 2.73. The van der Waals surface area contributed by atoms with Gasteiger partial charge in [0.1, 0.15) is 6.54 Å². The summed E-state index contributed by atoms with van der Waals surface area (Å²) < 4.78 is 1.12. The molecular formula is C11H18N4O3. The molecule has 7 nitrogen and oxygen atoms in total. The van der Waals surface area contributed by atoms with Crippen molar-refractivity contribution in [2.45, 2.75) is 45.7 Å². The van der Waals surface area contributed by atoms with E-state index >= 15 is 0 Å². The second kappa shape index (κ2) is 6.73. The van der Waals surface area contributed by atoms with Crippen molar-refractivity contribution >= 4 is 11.9 Å². The number of rotatable bonds is 7. The van der Waals surface area contributed by atoms with Gasteiger partial charge < -0.3 is 10.4 Å². The summed E-state index contributed by atoms with van der Waals surface area (Å²) in [6, 6.07) is 0.0714. The van der Waals surface area contributed by atoms with Gasteiger partial charge >= 0.3 is 5.97 Å². The predicted molar refractivity (Wildman–Crippen MR) is 64.1 cm³/mol. The van der Waals surface area contributed by atoms with Gasteiger partial charge in [-0.2, -0.15) is 0 Å². The van der Waals surface area contributed by atoms with Gasteiger partial charge in [0.2, 0.25) is 0 Å². The maximum absolute atomic E-state index is 11.7. The standard InChI is InChI=1S/C11H18N4O3/c1-3-4-5-8(2)12-11(18)9-6-15(14-13-9)7-10(16)17/h6,8H,3-5,7H2,1-2H3,(H,12,18)(H,16,17). The first-order valence-corrected chi connectivity index (χ1v) is 5.95. The quantitative estimate of drug-likeness (QED) is 0.745. The Bertz CT molecular complexity index is 416. The largest absolute Gasteiger partial charge is 0.480 e. The number of hydrogen-bond acceptors (Lipinski definition) is 4. The minimum Gasteiger partial charge on any atom is -0.480 e. The number of nitrogens with one attached hydrogen (secondary N) is 1. The number of amides is 1. The number of carbonyl (C=O) groups is 2. The number of aromatic nitrogens is 3. The first kappa shape index (κ1) is 14.1. The van der Waals surface area contributed by atoms with Crippen LogP contribution in [0.3, 0.4) is 0 Å². The molecule has 0 aliphatic carbocycles. The molecule has 1 atom stereocenters. The van der Waals surface area contributed by atoms with E-state index in [9.17, 15) is 9.59 Å². The normalized spacial score (nSPS) is 12.1. The smallest absolute Gasteiger partial charge is 0.325 e. The topological polar surface area (TPSA) is 97.1 Å². The molecule has 0 fully saturated rings. The molecule has 0 aromatic carbocycles. The van der Waals surface area contributed by atoms with E-state index in [1.165, 1.54) is 6.20 Å². The SMILES string of the molecule is CCCCC(C)NC(=O)c1cn(CC(=O)O)nn1. The van der Waals surface area contributed by atoms with Crippen molar-refractivity contribution in [3.63, 3.8) is 0 Å². The Balaban J connectivity index is 2.51. The zero-order chi connectivity index (χ0) is 13.5. The molecule has 2 N–H and O–H groups in total. The summed E-state index contributed by atoms with van der Waals surface area (Å²) in [5.41, 5.74) is 0.139. The molecule has 0 spiro atoms. The fraction of sp³-hybridized carbons (Fsp3) is 0.636. The Morgan fingerprint density at radius 1 is 1.56 bits per heavy atom. The van der Waals surface area contributed by atoms with E-state index in [-0.39, 0.29) is 24.2 Å². The van der Waals surface area contributed by atoms with Crippen molar-refractivity contribution in [1.82, 2.24) is 20.3 Å². The fourth-order valence-corrected chi connectivity index (χ4v) is 1.50. The van der Waals surface area contributed by atoms with E-state index in [0.29, 0.717) is 0 Å². The summed E-state index contributed by atoms with van der Waals surface area (Å²) in [5, 5.41) is 18.6. The molecule has 100 valence electrons.